The number of likely N-dealkylation sites (tertiary alicyclic amines) is 1. The maximum absolute atomic E-state index is 13.5. The average Bonchev–Trinajstić information content (AvgIpc) is 4.04. The van der Waals surface area contributed by atoms with Crippen molar-refractivity contribution in [3.05, 3.63) is 72.6 Å². The van der Waals surface area contributed by atoms with Gasteiger partial charge in [-0.2, -0.15) is 0 Å². The van der Waals surface area contributed by atoms with E-state index < -0.39 is 24.3 Å². The zero-order valence-electron chi connectivity index (χ0n) is 32.1. The lowest BCUT2D eigenvalue weighted by molar-refractivity contribution is -0.136. The Labute approximate surface area is 332 Å². The SMILES string of the molecule is COC(=O)NC(C(=O)N1CC=C[C@H]1c1ncc(-c2cc3sc(-c4ccc(-c5cnc([C@@H]6CCCN6C(=O)[C@@H](NC(=O)OC)C(C)C)[nH]5)cc4)cc3s2)[nH]1)C(C)C. The van der Waals surface area contributed by atoms with Crippen LogP contribution in [-0.4, -0.2) is 93.1 Å². The summed E-state index contributed by atoms with van der Waals surface area (Å²) >= 11 is 3.41. The highest BCUT2D eigenvalue weighted by Crippen LogP contribution is 2.42. The molecule has 1 saturated heterocycles. The van der Waals surface area contributed by atoms with Gasteiger partial charge >= 0.3 is 12.2 Å². The van der Waals surface area contributed by atoms with E-state index >= 15 is 0 Å². The standard InChI is InChI=1S/C40H46N8O6S2/c1-21(2)33(45-39(51)53-5)37(49)47-15-7-9-27(47)35-41-19-25(43-35)23-11-13-24(14-12-23)29-17-31-32(55-29)18-30(56-31)26-20-42-36(44-26)28-10-8-16-48(28)38(50)34(22(3)4)46-40(52)54-6/h8,10-14,17-22,27-28,33-34H,7,9,15-16H2,1-6H3,(H,41,43)(H,42,44)(H,45,51)(H,46,52)/t27-,28-,33-,34?/m0/s1. The zero-order chi connectivity index (χ0) is 39.7. The summed E-state index contributed by atoms with van der Waals surface area (Å²) in [6, 6.07) is 10.8. The van der Waals surface area contributed by atoms with Crippen LogP contribution in [0.1, 0.15) is 64.3 Å². The summed E-state index contributed by atoms with van der Waals surface area (Å²) < 4.78 is 11.8. The summed E-state index contributed by atoms with van der Waals surface area (Å²) in [6.07, 6.45) is 7.88. The number of imidazole rings is 2. The molecule has 0 bridgehead atoms. The third kappa shape index (κ3) is 7.80. The summed E-state index contributed by atoms with van der Waals surface area (Å²) in [6.45, 7) is 8.60. The minimum Gasteiger partial charge on any atom is -0.453 e. The number of alkyl carbamates (subject to hydrolysis) is 2. The molecule has 0 aliphatic carbocycles. The topological polar surface area (TPSA) is 175 Å². The number of nitrogens with one attached hydrogen (secondary N) is 4. The van der Waals surface area contributed by atoms with Gasteiger partial charge in [-0.3, -0.25) is 9.59 Å². The molecular weight excluding hydrogens is 753 g/mol. The van der Waals surface area contributed by atoms with Crippen LogP contribution < -0.4 is 10.6 Å². The second kappa shape index (κ2) is 16.3. The maximum Gasteiger partial charge on any atom is 0.407 e. The van der Waals surface area contributed by atoms with Crippen LogP contribution in [0.5, 0.6) is 0 Å². The quantitative estimate of drug-likeness (QED) is 0.101. The molecule has 14 nitrogen and oxygen atoms in total. The fraction of sp³-hybridized carbons (Fsp3) is 0.400. The van der Waals surface area contributed by atoms with E-state index in [2.05, 4.69) is 67.0 Å². The molecule has 0 radical (unpaired) electrons. The Bertz CT molecular complexity index is 2220. The first-order valence-corrected chi connectivity index (χ1v) is 20.3. The van der Waals surface area contributed by atoms with Gasteiger partial charge in [0.25, 0.3) is 0 Å². The van der Waals surface area contributed by atoms with Gasteiger partial charge in [-0.05, 0) is 47.9 Å². The molecule has 4 amide bonds. The predicted molar refractivity (Wildman–Crippen MR) is 216 cm³/mol. The number of nitrogens with zero attached hydrogens (tertiary/aromatic N) is 4. The number of thiophene rings is 2. The van der Waals surface area contributed by atoms with E-state index in [1.165, 1.54) is 23.6 Å². The summed E-state index contributed by atoms with van der Waals surface area (Å²) in [5, 5.41) is 5.37. The number of carbonyl (C=O) groups excluding carboxylic acids is 4. The molecule has 4 N–H and O–H groups in total. The first kappa shape index (κ1) is 38.8. The number of amides is 4. The summed E-state index contributed by atoms with van der Waals surface area (Å²) in [5.41, 5.74) is 3.84. The molecule has 1 fully saturated rings. The molecule has 6 heterocycles. The van der Waals surface area contributed by atoms with E-state index in [9.17, 15) is 19.2 Å². The normalized spacial score (nSPS) is 17.9. The second-order valence-corrected chi connectivity index (χ2v) is 16.8. The summed E-state index contributed by atoms with van der Waals surface area (Å²) in [7, 11) is 2.57. The lowest BCUT2D eigenvalue weighted by Gasteiger charge is -2.30. The number of rotatable bonds is 11. The molecule has 294 valence electrons. The predicted octanol–water partition coefficient (Wildman–Crippen LogP) is 7.27. The van der Waals surface area contributed by atoms with Crippen LogP contribution >= 0.6 is 22.7 Å². The van der Waals surface area contributed by atoms with Gasteiger partial charge in [0.1, 0.15) is 29.8 Å². The van der Waals surface area contributed by atoms with Crippen molar-refractivity contribution in [3.63, 3.8) is 0 Å². The van der Waals surface area contributed by atoms with E-state index in [-0.39, 0.29) is 35.7 Å². The number of benzene rings is 1. The molecule has 0 saturated carbocycles. The molecule has 1 unspecified atom stereocenters. The Kier molecular flexibility index (Phi) is 11.3. The molecule has 0 spiro atoms. The van der Waals surface area contributed by atoms with E-state index in [1.54, 1.807) is 33.8 Å². The van der Waals surface area contributed by atoms with E-state index in [0.717, 1.165) is 50.9 Å². The maximum atomic E-state index is 13.5. The van der Waals surface area contributed by atoms with Crippen molar-refractivity contribution < 1.29 is 28.7 Å². The number of hydrogen-bond donors (Lipinski definition) is 4. The van der Waals surface area contributed by atoms with Crippen LogP contribution in [0.25, 0.3) is 41.7 Å². The van der Waals surface area contributed by atoms with Crippen molar-refractivity contribution in [3.8, 4) is 32.3 Å². The number of aromatic nitrogens is 4. The third-order valence-corrected chi connectivity index (χ3v) is 12.7. The second-order valence-electron chi connectivity index (χ2n) is 14.7. The highest BCUT2D eigenvalue weighted by molar-refractivity contribution is 7.31. The van der Waals surface area contributed by atoms with Crippen molar-refractivity contribution >= 4 is 56.1 Å². The Balaban J connectivity index is 1.02. The number of H-pyrrole nitrogens is 2. The number of carbonyl (C=O) groups is 4. The largest absolute Gasteiger partial charge is 0.453 e. The molecule has 4 atom stereocenters. The Morgan fingerprint density at radius 2 is 1.32 bits per heavy atom. The molecule has 16 heteroatoms. The third-order valence-electron chi connectivity index (χ3n) is 10.3. The lowest BCUT2D eigenvalue weighted by Crippen LogP contribution is -2.51. The molecule has 56 heavy (non-hydrogen) atoms. The highest BCUT2D eigenvalue weighted by Gasteiger charge is 2.38. The van der Waals surface area contributed by atoms with Crippen LogP contribution in [-0.2, 0) is 19.1 Å². The van der Waals surface area contributed by atoms with Crippen molar-refractivity contribution in [1.82, 2.24) is 40.4 Å². The average molecular weight is 799 g/mol. The van der Waals surface area contributed by atoms with Gasteiger partial charge in [-0.15, -0.1) is 22.7 Å². The fourth-order valence-electron chi connectivity index (χ4n) is 7.25. The van der Waals surface area contributed by atoms with Crippen molar-refractivity contribution in [2.45, 2.75) is 64.7 Å². The van der Waals surface area contributed by atoms with Gasteiger partial charge in [0, 0.05) is 27.4 Å². The Hall–Kier alpha value is -5.48. The molecule has 1 aromatic carbocycles. The molecular formula is C40H46N8O6S2. The smallest absolute Gasteiger partial charge is 0.407 e. The van der Waals surface area contributed by atoms with Gasteiger partial charge in [0.2, 0.25) is 11.8 Å². The first-order chi connectivity index (χ1) is 26.9. The van der Waals surface area contributed by atoms with Crippen molar-refractivity contribution in [2.24, 2.45) is 11.8 Å². The minimum absolute atomic E-state index is 0.103. The molecule has 5 aromatic rings. The van der Waals surface area contributed by atoms with Crippen molar-refractivity contribution in [1.29, 1.82) is 0 Å². The number of ether oxygens (including phenoxy) is 2. The number of methoxy groups -OCH3 is 2. The van der Waals surface area contributed by atoms with Crippen molar-refractivity contribution in [2.75, 3.05) is 27.3 Å². The van der Waals surface area contributed by atoms with Gasteiger partial charge < -0.3 is 39.9 Å². The van der Waals surface area contributed by atoms with E-state index in [1.807, 2.05) is 50.9 Å². The van der Waals surface area contributed by atoms with Crippen LogP contribution in [0, 0.1) is 11.8 Å². The van der Waals surface area contributed by atoms with Crippen LogP contribution in [0.2, 0.25) is 0 Å². The number of aromatic amines is 2. The van der Waals surface area contributed by atoms with E-state index in [4.69, 9.17) is 9.47 Å². The monoisotopic (exact) mass is 798 g/mol. The molecule has 4 aromatic heterocycles. The van der Waals surface area contributed by atoms with Crippen LogP contribution in [0.3, 0.4) is 0 Å². The minimum atomic E-state index is -0.721. The number of fused-ring (bicyclic) bond motifs is 1. The molecule has 2 aliphatic heterocycles. The zero-order valence-corrected chi connectivity index (χ0v) is 33.8. The molecule has 2 aliphatic rings. The lowest BCUT2D eigenvalue weighted by atomic mass is 10.0. The van der Waals surface area contributed by atoms with Gasteiger partial charge in [-0.25, -0.2) is 19.6 Å². The summed E-state index contributed by atoms with van der Waals surface area (Å²) in [5.74, 6) is 0.827. The van der Waals surface area contributed by atoms with Crippen LogP contribution in [0.4, 0.5) is 9.59 Å². The van der Waals surface area contributed by atoms with Crippen LogP contribution in [0.15, 0.2) is 60.9 Å². The van der Waals surface area contributed by atoms with Gasteiger partial charge in [0.15, 0.2) is 0 Å². The van der Waals surface area contributed by atoms with Gasteiger partial charge in [-0.1, -0.05) is 64.1 Å². The fourth-order valence-corrected chi connectivity index (χ4v) is 9.61. The number of hydrogen-bond acceptors (Lipinski definition) is 10. The Morgan fingerprint density at radius 3 is 1.96 bits per heavy atom. The van der Waals surface area contributed by atoms with E-state index in [0.29, 0.717) is 18.9 Å². The first-order valence-electron chi connectivity index (χ1n) is 18.7. The Morgan fingerprint density at radius 1 is 0.768 bits per heavy atom. The summed E-state index contributed by atoms with van der Waals surface area (Å²) in [4.78, 5) is 72.9. The highest BCUT2D eigenvalue weighted by atomic mass is 32.1. The van der Waals surface area contributed by atoms with Gasteiger partial charge in [0.05, 0.1) is 48.9 Å². The molecule has 7 rings (SSSR count).